The summed E-state index contributed by atoms with van der Waals surface area (Å²) in [5.74, 6) is 0.457. The molecule has 54 valence electrons. The van der Waals surface area contributed by atoms with E-state index in [2.05, 4.69) is 18.8 Å². The van der Waals surface area contributed by atoms with E-state index in [-0.39, 0.29) is 0 Å². The molecule has 0 aliphatic rings. The van der Waals surface area contributed by atoms with Crippen LogP contribution in [0.3, 0.4) is 0 Å². The van der Waals surface area contributed by atoms with E-state index in [1.807, 2.05) is 12.1 Å². The predicted molar refractivity (Wildman–Crippen MR) is 43.3 cm³/mol. The number of nitrogens with zero attached hydrogens (tertiary/aromatic N) is 1. The fourth-order valence-electron chi connectivity index (χ4n) is 0.746. The molecule has 1 aromatic rings. The Kier molecular flexibility index (Phi) is 2.28. The fraction of sp³-hybridized carbons (Fsp3) is 0.375. The summed E-state index contributed by atoms with van der Waals surface area (Å²) in [6, 6.07) is 5.69. The summed E-state index contributed by atoms with van der Waals surface area (Å²) < 4.78 is 0. The van der Waals surface area contributed by atoms with Crippen LogP contribution in [-0.4, -0.2) is 4.98 Å². The van der Waals surface area contributed by atoms with E-state index >= 15 is 0 Å². The zero-order valence-electron chi connectivity index (χ0n) is 6.13. The lowest BCUT2D eigenvalue weighted by Crippen LogP contribution is -1.90. The molecule has 1 rings (SSSR count). The molecule has 0 aliphatic carbocycles. The van der Waals surface area contributed by atoms with Crippen LogP contribution in [-0.2, 0) is 0 Å². The Labute approximate surface area is 66.0 Å². The minimum absolute atomic E-state index is 0.457. The number of hydrogen-bond acceptors (Lipinski definition) is 1. The van der Waals surface area contributed by atoms with Crippen molar-refractivity contribution in [1.82, 2.24) is 4.98 Å². The molecule has 0 radical (unpaired) electrons. The van der Waals surface area contributed by atoms with Gasteiger partial charge in [0.1, 0.15) is 5.15 Å². The van der Waals surface area contributed by atoms with Gasteiger partial charge in [0.05, 0.1) is 0 Å². The van der Waals surface area contributed by atoms with Gasteiger partial charge >= 0.3 is 0 Å². The highest BCUT2D eigenvalue weighted by Crippen LogP contribution is 2.13. The second-order valence-corrected chi connectivity index (χ2v) is 2.93. The lowest BCUT2D eigenvalue weighted by atomic mass is 10.1. The summed E-state index contributed by atoms with van der Waals surface area (Å²) in [6.07, 6.45) is 0. The quantitative estimate of drug-likeness (QED) is 0.569. The van der Waals surface area contributed by atoms with Crippen LogP contribution >= 0.6 is 11.6 Å². The topological polar surface area (TPSA) is 12.9 Å². The molecule has 0 N–H and O–H groups in total. The van der Waals surface area contributed by atoms with E-state index in [9.17, 15) is 0 Å². The Morgan fingerprint density at radius 2 is 2.10 bits per heavy atom. The SMILES string of the molecule is CC(C)c1cccc(Cl)n1. The Balaban J connectivity index is 2.96. The van der Waals surface area contributed by atoms with Gasteiger partial charge in [-0.15, -0.1) is 0 Å². The summed E-state index contributed by atoms with van der Waals surface area (Å²) in [4.78, 5) is 4.14. The van der Waals surface area contributed by atoms with Crippen LogP contribution in [0.15, 0.2) is 18.2 Å². The van der Waals surface area contributed by atoms with Crippen molar-refractivity contribution in [2.24, 2.45) is 0 Å². The average molecular weight is 156 g/mol. The maximum Gasteiger partial charge on any atom is 0.129 e. The van der Waals surface area contributed by atoms with Gasteiger partial charge in [0.25, 0.3) is 0 Å². The molecule has 0 fully saturated rings. The lowest BCUT2D eigenvalue weighted by Gasteiger charge is -2.02. The standard InChI is InChI=1S/C8H10ClN/c1-6(2)7-4-3-5-8(9)10-7/h3-6H,1-2H3. The lowest BCUT2D eigenvalue weighted by molar-refractivity contribution is 0.823. The van der Waals surface area contributed by atoms with Crippen LogP contribution in [0.1, 0.15) is 25.5 Å². The van der Waals surface area contributed by atoms with Crippen LogP contribution in [0.2, 0.25) is 5.15 Å². The highest BCUT2D eigenvalue weighted by Gasteiger charge is 1.98. The highest BCUT2D eigenvalue weighted by molar-refractivity contribution is 6.29. The van der Waals surface area contributed by atoms with Crippen LogP contribution in [0.25, 0.3) is 0 Å². The molecule has 0 amide bonds. The maximum absolute atomic E-state index is 5.68. The fourth-order valence-corrected chi connectivity index (χ4v) is 0.916. The Bertz CT molecular complexity index is 220. The molecule has 10 heavy (non-hydrogen) atoms. The van der Waals surface area contributed by atoms with Gasteiger partial charge in [0.2, 0.25) is 0 Å². The van der Waals surface area contributed by atoms with E-state index in [1.54, 1.807) is 6.07 Å². The Morgan fingerprint density at radius 3 is 2.50 bits per heavy atom. The number of hydrogen-bond donors (Lipinski definition) is 0. The van der Waals surface area contributed by atoms with Gasteiger partial charge in [0, 0.05) is 5.69 Å². The largest absolute Gasteiger partial charge is 0.241 e. The molecule has 0 spiro atoms. The average Bonchev–Trinajstić information content (AvgIpc) is 1.88. The molecule has 1 aromatic heterocycles. The van der Waals surface area contributed by atoms with Gasteiger partial charge in [-0.2, -0.15) is 0 Å². The first-order valence-electron chi connectivity index (χ1n) is 3.32. The third-order valence-electron chi connectivity index (χ3n) is 1.33. The van der Waals surface area contributed by atoms with Crippen molar-refractivity contribution < 1.29 is 0 Å². The van der Waals surface area contributed by atoms with Crippen molar-refractivity contribution in [2.75, 3.05) is 0 Å². The summed E-state index contributed by atoms with van der Waals surface area (Å²) in [6.45, 7) is 4.19. The van der Waals surface area contributed by atoms with Crippen molar-refractivity contribution in [3.05, 3.63) is 29.0 Å². The zero-order valence-corrected chi connectivity index (χ0v) is 6.89. The molecule has 0 saturated heterocycles. The van der Waals surface area contributed by atoms with Crippen LogP contribution in [0.5, 0.6) is 0 Å². The molecule has 0 saturated carbocycles. The zero-order chi connectivity index (χ0) is 7.56. The number of aromatic nitrogens is 1. The molecule has 0 bridgehead atoms. The first-order valence-corrected chi connectivity index (χ1v) is 3.70. The van der Waals surface area contributed by atoms with E-state index < -0.39 is 0 Å². The molecule has 1 heterocycles. The Morgan fingerprint density at radius 1 is 1.40 bits per heavy atom. The molecule has 0 aliphatic heterocycles. The van der Waals surface area contributed by atoms with Crippen molar-refractivity contribution in [3.63, 3.8) is 0 Å². The monoisotopic (exact) mass is 155 g/mol. The first-order chi connectivity index (χ1) is 4.70. The van der Waals surface area contributed by atoms with Crippen LogP contribution < -0.4 is 0 Å². The van der Waals surface area contributed by atoms with Gasteiger partial charge < -0.3 is 0 Å². The van der Waals surface area contributed by atoms with Crippen molar-refractivity contribution in [2.45, 2.75) is 19.8 Å². The summed E-state index contributed by atoms with van der Waals surface area (Å²) in [7, 11) is 0. The number of halogens is 1. The van der Waals surface area contributed by atoms with Gasteiger partial charge in [0.15, 0.2) is 0 Å². The van der Waals surface area contributed by atoms with Gasteiger partial charge in [-0.3, -0.25) is 0 Å². The smallest absolute Gasteiger partial charge is 0.129 e. The minimum atomic E-state index is 0.457. The van der Waals surface area contributed by atoms with E-state index in [4.69, 9.17) is 11.6 Å². The third-order valence-corrected chi connectivity index (χ3v) is 1.54. The van der Waals surface area contributed by atoms with Crippen LogP contribution in [0, 0.1) is 0 Å². The number of pyridine rings is 1. The molecule has 0 aromatic carbocycles. The molecular weight excluding hydrogens is 146 g/mol. The first kappa shape index (κ1) is 7.55. The maximum atomic E-state index is 5.68. The Hall–Kier alpha value is -0.560. The second-order valence-electron chi connectivity index (χ2n) is 2.54. The number of rotatable bonds is 1. The molecule has 0 unspecified atom stereocenters. The summed E-state index contributed by atoms with van der Waals surface area (Å²) >= 11 is 5.68. The van der Waals surface area contributed by atoms with Gasteiger partial charge in [-0.25, -0.2) is 4.98 Å². The predicted octanol–water partition coefficient (Wildman–Crippen LogP) is 2.86. The van der Waals surface area contributed by atoms with E-state index in [0.29, 0.717) is 11.1 Å². The summed E-state index contributed by atoms with van der Waals surface area (Å²) in [5.41, 5.74) is 1.05. The molecule has 0 atom stereocenters. The summed E-state index contributed by atoms with van der Waals surface area (Å²) in [5, 5.41) is 0.575. The van der Waals surface area contributed by atoms with Crippen molar-refractivity contribution in [1.29, 1.82) is 0 Å². The minimum Gasteiger partial charge on any atom is -0.241 e. The normalized spacial score (nSPS) is 10.4. The molecule has 1 nitrogen and oxygen atoms in total. The van der Waals surface area contributed by atoms with Crippen LogP contribution in [0.4, 0.5) is 0 Å². The second kappa shape index (κ2) is 3.02. The van der Waals surface area contributed by atoms with E-state index in [0.717, 1.165) is 5.69 Å². The molecule has 2 heteroatoms. The van der Waals surface area contributed by atoms with Gasteiger partial charge in [-0.05, 0) is 18.1 Å². The van der Waals surface area contributed by atoms with Crippen molar-refractivity contribution in [3.8, 4) is 0 Å². The van der Waals surface area contributed by atoms with Crippen molar-refractivity contribution >= 4 is 11.6 Å². The van der Waals surface area contributed by atoms with Gasteiger partial charge in [-0.1, -0.05) is 31.5 Å². The molecular formula is C8H10ClN. The van der Waals surface area contributed by atoms with E-state index in [1.165, 1.54) is 0 Å². The highest BCUT2D eigenvalue weighted by atomic mass is 35.5. The third kappa shape index (κ3) is 1.71.